The van der Waals surface area contributed by atoms with Crippen molar-refractivity contribution in [1.29, 1.82) is 0 Å². The number of fused-ring (bicyclic) bond motifs is 1. The number of hydrogen-bond acceptors (Lipinski definition) is 8. The molecule has 0 aromatic heterocycles. The van der Waals surface area contributed by atoms with Gasteiger partial charge in [0.1, 0.15) is 0 Å². The number of esters is 2. The van der Waals surface area contributed by atoms with Gasteiger partial charge in [0, 0.05) is 17.6 Å². The monoisotopic (exact) mass is 449 g/mol. The first kappa shape index (κ1) is 22.9. The number of nitrogens with one attached hydrogen (secondary N) is 1. The summed E-state index contributed by atoms with van der Waals surface area (Å²) in [4.78, 5) is 24.3. The van der Waals surface area contributed by atoms with E-state index >= 15 is 0 Å². The highest BCUT2D eigenvalue weighted by Gasteiger charge is 2.59. The van der Waals surface area contributed by atoms with Crippen LogP contribution in [0.15, 0.2) is 42.5 Å². The minimum Gasteiger partial charge on any atom is -0.463 e. The van der Waals surface area contributed by atoms with Crippen LogP contribution in [0.5, 0.6) is 11.5 Å². The molecule has 1 aliphatic rings. The molecule has 2 unspecified atom stereocenters. The summed E-state index contributed by atoms with van der Waals surface area (Å²) in [5, 5.41) is 14.2. The number of rotatable bonds is 8. The SMILES string of the molecule is COC(=O)C1(C(=O)OC)Oc2ccc(CC(C)NCC(O)c3cccc(Cl)c3)cc2O1. The summed E-state index contributed by atoms with van der Waals surface area (Å²) in [6.45, 7) is 2.32. The summed E-state index contributed by atoms with van der Waals surface area (Å²) in [5.41, 5.74) is 1.61. The molecule has 3 rings (SSSR count). The highest BCUT2D eigenvalue weighted by molar-refractivity contribution is 6.30. The Bertz CT molecular complexity index is 949. The van der Waals surface area contributed by atoms with Crippen molar-refractivity contribution in [2.75, 3.05) is 20.8 Å². The molecule has 9 heteroatoms. The summed E-state index contributed by atoms with van der Waals surface area (Å²) >= 11 is 5.97. The zero-order valence-corrected chi connectivity index (χ0v) is 18.1. The zero-order valence-electron chi connectivity index (χ0n) is 17.4. The second-order valence-corrected chi connectivity index (χ2v) is 7.61. The van der Waals surface area contributed by atoms with Crippen LogP contribution in [0.1, 0.15) is 24.2 Å². The van der Waals surface area contributed by atoms with Gasteiger partial charge in [-0.3, -0.25) is 0 Å². The second kappa shape index (κ2) is 9.55. The fourth-order valence-corrected chi connectivity index (χ4v) is 3.46. The molecule has 0 amide bonds. The third-order valence-electron chi connectivity index (χ3n) is 4.86. The molecule has 2 N–H and O–H groups in total. The third-order valence-corrected chi connectivity index (χ3v) is 5.09. The van der Waals surface area contributed by atoms with Crippen LogP contribution in [0.3, 0.4) is 0 Å². The molecule has 2 aromatic rings. The Morgan fingerprint density at radius 2 is 1.77 bits per heavy atom. The number of halogens is 1. The number of hydrogen-bond donors (Lipinski definition) is 2. The molecule has 0 saturated heterocycles. The summed E-state index contributed by atoms with van der Waals surface area (Å²) < 4.78 is 20.3. The van der Waals surface area contributed by atoms with Crippen molar-refractivity contribution in [2.45, 2.75) is 31.3 Å². The summed E-state index contributed by atoms with van der Waals surface area (Å²) in [6, 6.07) is 12.2. The Labute approximate surface area is 185 Å². The van der Waals surface area contributed by atoms with Gasteiger partial charge in [0.05, 0.1) is 20.3 Å². The van der Waals surface area contributed by atoms with Crippen molar-refractivity contribution in [3.8, 4) is 11.5 Å². The van der Waals surface area contributed by atoms with Gasteiger partial charge in [-0.05, 0) is 48.7 Å². The van der Waals surface area contributed by atoms with Gasteiger partial charge in [-0.25, -0.2) is 9.59 Å². The van der Waals surface area contributed by atoms with Crippen LogP contribution in [0.25, 0.3) is 0 Å². The first-order valence-electron chi connectivity index (χ1n) is 9.63. The maximum Gasteiger partial charge on any atom is 0.453 e. The van der Waals surface area contributed by atoms with E-state index < -0.39 is 23.8 Å². The Morgan fingerprint density at radius 1 is 1.10 bits per heavy atom. The molecule has 8 nitrogen and oxygen atoms in total. The average molecular weight is 450 g/mol. The number of carbonyl (C=O) groups excluding carboxylic acids is 2. The van der Waals surface area contributed by atoms with Crippen LogP contribution < -0.4 is 14.8 Å². The predicted molar refractivity (Wildman–Crippen MR) is 112 cm³/mol. The Morgan fingerprint density at radius 3 is 2.42 bits per heavy atom. The van der Waals surface area contributed by atoms with E-state index in [-0.39, 0.29) is 17.5 Å². The predicted octanol–water partition coefficient (Wildman–Crippen LogP) is 2.41. The normalized spacial score (nSPS) is 15.8. The van der Waals surface area contributed by atoms with Gasteiger partial charge in [-0.1, -0.05) is 29.8 Å². The highest BCUT2D eigenvalue weighted by atomic mass is 35.5. The number of aliphatic hydroxyl groups excluding tert-OH is 1. The standard InChI is InChI=1S/C22H24ClNO7/c1-13(24-12-17(25)15-5-4-6-16(23)11-15)9-14-7-8-18-19(10-14)31-22(30-18,20(26)28-2)21(27)29-3/h4-8,10-11,13,17,24-25H,9,12H2,1-3H3. The van der Waals surface area contributed by atoms with E-state index in [2.05, 4.69) is 14.8 Å². The summed E-state index contributed by atoms with van der Waals surface area (Å²) in [5.74, 6) is -3.87. The maximum absolute atomic E-state index is 12.1. The van der Waals surface area contributed by atoms with Gasteiger partial charge in [0.25, 0.3) is 0 Å². The topological polar surface area (TPSA) is 103 Å². The molecule has 0 spiro atoms. The Kier molecular flexibility index (Phi) is 7.04. The fourth-order valence-electron chi connectivity index (χ4n) is 3.26. The van der Waals surface area contributed by atoms with Crippen molar-refractivity contribution in [2.24, 2.45) is 0 Å². The van der Waals surface area contributed by atoms with Gasteiger partial charge in [-0.15, -0.1) is 0 Å². The second-order valence-electron chi connectivity index (χ2n) is 7.17. The number of carbonyl (C=O) groups is 2. The molecule has 2 aromatic carbocycles. The Balaban J connectivity index is 1.63. The molecule has 0 bridgehead atoms. The van der Waals surface area contributed by atoms with Gasteiger partial charge < -0.3 is 29.4 Å². The van der Waals surface area contributed by atoms with Crippen molar-refractivity contribution >= 4 is 23.5 Å². The highest BCUT2D eigenvalue weighted by Crippen LogP contribution is 2.41. The van der Waals surface area contributed by atoms with E-state index in [0.29, 0.717) is 18.0 Å². The lowest BCUT2D eigenvalue weighted by Gasteiger charge is -2.21. The largest absolute Gasteiger partial charge is 0.463 e. The molecule has 1 heterocycles. The average Bonchev–Trinajstić information content (AvgIpc) is 3.16. The van der Waals surface area contributed by atoms with Crippen LogP contribution in [0.2, 0.25) is 5.02 Å². The van der Waals surface area contributed by atoms with E-state index in [0.717, 1.165) is 25.3 Å². The van der Waals surface area contributed by atoms with Crippen molar-refractivity contribution in [3.05, 3.63) is 58.6 Å². The van der Waals surface area contributed by atoms with Crippen molar-refractivity contribution in [3.63, 3.8) is 0 Å². The lowest BCUT2D eigenvalue weighted by molar-refractivity contribution is -0.199. The van der Waals surface area contributed by atoms with Gasteiger partial charge in [0.2, 0.25) is 0 Å². The smallest absolute Gasteiger partial charge is 0.453 e. The molecule has 31 heavy (non-hydrogen) atoms. The fraction of sp³-hybridized carbons (Fsp3) is 0.364. The van der Waals surface area contributed by atoms with E-state index in [1.807, 2.05) is 13.0 Å². The molecule has 0 fully saturated rings. The van der Waals surface area contributed by atoms with Crippen molar-refractivity contribution in [1.82, 2.24) is 5.32 Å². The first-order valence-corrected chi connectivity index (χ1v) is 10.0. The van der Waals surface area contributed by atoms with Gasteiger partial charge in [-0.2, -0.15) is 0 Å². The number of benzene rings is 2. The van der Waals surface area contributed by atoms with Gasteiger partial charge >= 0.3 is 17.7 Å². The van der Waals surface area contributed by atoms with Crippen LogP contribution in [-0.4, -0.2) is 49.6 Å². The summed E-state index contributed by atoms with van der Waals surface area (Å²) in [7, 11) is 2.25. The van der Waals surface area contributed by atoms with Crippen LogP contribution in [0, 0.1) is 0 Å². The zero-order chi connectivity index (χ0) is 22.6. The third kappa shape index (κ3) is 4.92. The first-order chi connectivity index (χ1) is 14.8. The number of ether oxygens (including phenoxy) is 4. The molecule has 166 valence electrons. The lowest BCUT2D eigenvalue weighted by Crippen LogP contribution is -2.55. The van der Waals surface area contributed by atoms with Crippen LogP contribution in [0.4, 0.5) is 0 Å². The minimum atomic E-state index is -2.31. The van der Waals surface area contributed by atoms with E-state index in [4.69, 9.17) is 21.1 Å². The molecule has 0 saturated carbocycles. The lowest BCUT2D eigenvalue weighted by atomic mass is 10.1. The maximum atomic E-state index is 12.1. The Hall–Kier alpha value is -2.81. The molecule has 1 aliphatic heterocycles. The number of methoxy groups -OCH3 is 2. The molecule has 0 radical (unpaired) electrons. The molecule has 2 atom stereocenters. The van der Waals surface area contributed by atoms with E-state index in [1.54, 1.807) is 36.4 Å². The minimum absolute atomic E-state index is 0.0141. The van der Waals surface area contributed by atoms with Crippen molar-refractivity contribution < 1.29 is 33.6 Å². The number of aliphatic hydroxyl groups is 1. The molecular weight excluding hydrogens is 426 g/mol. The van der Waals surface area contributed by atoms with Gasteiger partial charge in [0.15, 0.2) is 11.5 Å². The summed E-state index contributed by atoms with van der Waals surface area (Å²) in [6.07, 6.45) is -0.0962. The van der Waals surface area contributed by atoms with E-state index in [1.165, 1.54) is 0 Å². The quantitative estimate of drug-likeness (QED) is 0.468. The molecular formula is C22H24ClNO7. The van der Waals surface area contributed by atoms with E-state index in [9.17, 15) is 14.7 Å². The molecule has 0 aliphatic carbocycles. The van der Waals surface area contributed by atoms with Crippen LogP contribution >= 0.6 is 11.6 Å². The van der Waals surface area contributed by atoms with Crippen LogP contribution in [-0.2, 0) is 25.5 Å².